The quantitative estimate of drug-likeness (QED) is 0.312. The highest BCUT2D eigenvalue weighted by Crippen LogP contribution is 2.57. The van der Waals surface area contributed by atoms with Crippen LogP contribution in [-0.4, -0.2) is 86.7 Å². The van der Waals surface area contributed by atoms with Crippen molar-refractivity contribution >= 4 is 12.4 Å². The van der Waals surface area contributed by atoms with E-state index >= 15 is 0 Å². The Morgan fingerprint density at radius 1 is 1.02 bits per heavy atom. The Labute approximate surface area is 245 Å². The fourth-order valence-electron chi connectivity index (χ4n) is 6.78. The number of phenols is 1. The molecule has 2 aromatic carbocycles. The molecule has 0 saturated carbocycles. The summed E-state index contributed by atoms with van der Waals surface area (Å²) >= 11 is 0. The van der Waals surface area contributed by atoms with Gasteiger partial charge >= 0.3 is 5.97 Å². The van der Waals surface area contributed by atoms with Gasteiger partial charge in [-0.25, -0.2) is 0 Å². The summed E-state index contributed by atoms with van der Waals surface area (Å²) < 4.78 is 51.3. The molecule has 230 valence electrons. The van der Waals surface area contributed by atoms with Crippen molar-refractivity contribution in [3.63, 3.8) is 0 Å². The lowest BCUT2D eigenvalue weighted by Crippen LogP contribution is -2.66. The molecule has 7 rings (SSSR count). The SMILES string of the molecule is COc1cc([C@@H]2c3cc4c(cc3C(OC3OC5COC(C)OC5C(N)C3O)C3COC(=O)C32)OCO4)cc(OC=O)c1O. The zero-order valence-electron chi connectivity index (χ0n) is 23.2. The lowest BCUT2D eigenvalue weighted by molar-refractivity contribution is -0.345. The number of aliphatic hydroxyl groups excluding tert-OH is 1. The molecule has 9 unspecified atom stereocenters. The summed E-state index contributed by atoms with van der Waals surface area (Å²) in [7, 11) is 1.36. The first-order valence-corrected chi connectivity index (χ1v) is 13.9. The second kappa shape index (κ2) is 10.8. The monoisotopic (exact) mass is 601 g/mol. The minimum absolute atomic E-state index is 0.00840. The molecular formula is C29H31NO13. The van der Waals surface area contributed by atoms with E-state index < -0.39 is 66.8 Å². The van der Waals surface area contributed by atoms with Gasteiger partial charge in [0, 0.05) is 11.8 Å². The van der Waals surface area contributed by atoms with E-state index in [2.05, 4.69) is 0 Å². The number of carbonyl (C=O) groups excluding carboxylic acids is 2. The Hall–Kier alpha value is -3.66. The van der Waals surface area contributed by atoms with Crippen LogP contribution in [0, 0.1) is 11.8 Å². The number of hydrogen-bond acceptors (Lipinski definition) is 14. The third kappa shape index (κ3) is 4.56. The molecule has 3 fully saturated rings. The molecule has 1 aliphatic carbocycles. The van der Waals surface area contributed by atoms with Gasteiger partial charge in [0.25, 0.3) is 6.47 Å². The Bertz CT molecular complexity index is 1430. The molecule has 14 heteroatoms. The van der Waals surface area contributed by atoms with E-state index in [0.717, 1.165) is 0 Å². The molecule has 3 saturated heterocycles. The number of esters is 1. The van der Waals surface area contributed by atoms with Crippen LogP contribution in [0.1, 0.15) is 35.6 Å². The van der Waals surface area contributed by atoms with Gasteiger partial charge in [-0.3, -0.25) is 9.59 Å². The highest BCUT2D eigenvalue weighted by atomic mass is 16.8. The van der Waals surface area contributed by atoms with Crippen molar-refractivity contribution in [3.05, 3.63) is 41.0 Å². The molecule has 0 bridgehead atoms. The van der Waals surface area contributed by atoms with E-state index in [1.165, 1.54) is 13.2 Å². The number of methoxy groups -OCH3 is 1. The first-order chi connectivity index (χ1) is 20.8. The average Bonchev–Trinajstić information content (AvgIpc) is 3.62. The van der Waals surface area contributed by atoms with Crippen molar-refractivity contribution in [2.24, 2.45) is 17.6 Å². The summed E-state index contributed by atoms with van der Waals surface area (Å²) in [5, 5.41) is 21.7. The molecular weight excluding hydrogens is 570 g/mol. The molecule has 4 heterocycles. The Balaban J connectivity index is 1.32. The van der Waals surface area contributed by atoms with E-state index in [9.17, 15) is 19.8 Å². The Morgan fingerprint density at radius 2 is 1.77 bits per heavy atom. The van der Waals surface area contributed by atoms with Gasteiger partial charge in [-0.05, 0) is 47.9 Å². The maximum absolute atomic E-state index is 13.4. The summed E-state index contributed by atoms with van der Waals surface area (Å²) in [6.45, 7) is 2.17. The summed E-state index contributed by atoms with van der Waals surface area (Å²) in [6.07, 6.45) is -4.88. The molecule has 0 amide bonds. The summed E-state index contributed by atoms with van der Waals surface area (Å²) in [5.41, 5.74) is 8.20. The van der Waals surface area contributed by atoms with Crippen LogP contribution in [0.3, 0.4) is 0 Å². The molecule has 0 radical (unpaired) electrons. The first-order valence-electron chi connectivity index (χ1n) is 13.9. The van der Waals surface area contributed by atoms with Crippen LogP contribution in [-0.2, 0) is 33.3 Å². The largest absolute Gasteiger partial charge is 0.502 e. The smallest absolute Gasteiger partial charge is 0.310 e. The number of hydrogen-bond donors (Lipinski definition) is 3. The Morgan fingerprint density at radius 3 is 2.51 bits per heavy atom. The number of phenolic OH excluding ortho intramolecular Hbond substituents is 1. The normalized spacial score (nSPS) is 35.8. The number of carbonyl (C=O) groups is 2. The van der Waals surface area contributed by atoms with Gasteiger partial charge in [0.2, 0.25) is 12.5 Å². The fourth-order valence-corrected chi connectivity index (χ4v) is 6.78. The zero-order valence-corrected chi connectivity index (χ0v) is 23.2. The van der Waals surface area contributed by atoms with Gasteiger partial charge in [0.15, 0.2) is 35.6 Å². The molecule has 4 N–H and O–H groups in total. The van der Waals surface area contributed by atoms with Crippen LogP contribution in [0.2, 0.25) is 0 Å². The number of nitrogens with two attached hydrogens (primary N) is 1. The van der Waals surface area contributed by atoms with Crippen LogP contribution in [0.15, 0.2) is 24.3 Å². The lowest BCUT2D eigenvalue weighted by Gasteiger charge is -2.48. The second-order valence-corrected chi connectivity index (χ2v) is 11.1. The first kappa shape index (κ1) is 28.1. The lowest BCUT2D eigenvalue weighted by atomic mass is 9.66. The number of fused-ring (bicyclic) bond motifs is 4. The van der Waals surface area contributed by atoms with E-state index in [4.69, 9.17) is 48.4 Å². The highest BCUT2D eigenvalue weighted by Gasteiger charge is 2.55. The number of cyclic esters (lactones) is 1. The van der Waals surface area contributed by atoms with Gasteiger partial charge in [-0.15, -0.1) is 0 Å². The molecule has 10 atom stereocenters. The van der Waals surface area contributed by atoms with Crippen molar-refractivity contribution in [1.82, 2.24) is 0 Å². The van der Waals surface area contributed by atoms with Crippen molar-refractivity contribution in [2.45, 2.75) is 55.9 Å². The molecule has 14 nitrogen and oxygen atoms in total. The maximum atomic E-state index is 13.4. The van der Waals surface area contributed by atoms with Crippen molar-refractivity contribution in [1.29, 1.82) is 0 Å². The van der Waals surface area contributed by atoms with Gasteiger partial charge in [0.1, 0.15) is 18.3 Å². The molecule has 43 heavy (non-hydrogen) atoms. The van der Waals surface area contributed by atoms with Crippen molar-refractivity contribution in [2.75, 3.05) is 27.1 Å². The van der Waals surface area contributed by atoms with Gasteiger partial charge in [0.05, 0.1) is 38.4 Å². The standard InChI is InChI=1S/C29H31NO13/c1-11-36-8-20-27(41-11)23(30)25(33)29(42-20)43-26-14-6-17-16(39-10-40-17)5-13(14)21(22-15(26)7-37-28(22)34)12-3-18(35-2)24(32)19(4-12)38-9-31/h3-6,9,11,15,20-23,25-27,29,32-33H,7-8,10,30H2,1-2H3/t11?,15?,20?,21-,22?,23?,25?,26?,27?,29?/m1/s1. The van der Waals surface area contributed by atoms with Crippen molar-refractivity contribution in [3.8, 4) is 28.7 Å². The predicted molar refractivity (Wildman–Crippen MR) is 140 cm³/mol. The maximum Gasteiger partial charge on any atom is 0.310 e. The number of aromatic hydroxyl groups is 1. The van der Waals surface area contributed by atoms with E-state index in [1.54, 1.807) is 25.1 Å². The number of ether oxygens (including phenoxy) is 9. The highest BCUT2D eigenvalue weighted by molar-refractivity contribution is 5.79. The minimum Gasteiger partial charge on any atom is -0.502 e. The van der Waals surface area contributed by atoms with Crippen LogP contribution in [0.25, 0.3) is 0 Å². The van der Waals surface area contributed by atoms with Crippen LogP contribution in [0.4, 0.5) is 0 Å². The predicted octanol–water partition coefficient (Wildman–Crippen LogP) is 0.832. The summed E-state index contributed by atoms with van der Waals surface area (Å²) in [4.78, 5) is 24.6. The topological polar surface area (TPSA) is 184 Å². The van der Waals surface area contributed by atoms with Gasteiger partial charge in [-0.2, -0.15) is 0 Å². The molecule has 0 aromatic heterocycles. The second-order valence-electron chi connectivity index (χ2n) is 11.1. The Kier molecular flexibility index (Phi) is 7.07. The number of benzene rings is 2. The third-order valence-corrected chi connectivity index (χ3v) is 8.79. The number of rotatable bonds is 6. The van der Waals surface area contributed by atoms with Crippen LogP contribution in [0.5, 0.6) is 28.7 Å². The van der Waals surface area contributed by atoms with Gasteiger partial charge < -0.3 is 58.6 Å². The molecule has 2 aromatic rings. The van der Waals surface area contributed by atoms with Crippen LogP contribution < -0.4 is 24.7 Å². The summed E-state index contributed by atoms with van der Waals surface area (Å²) in [5.74, 6) is -1.95. The van der Waals surface area contributed by atoms with Crippen LogP contribution >= 0.6 is 0 Å². The van der Waals surface area contributed by atoms with E-state index in [0.29, 0.717) is 28.2 Å². The molecule has 0 spiro atoms. The minimum atomic E-state index is -1.25. The summed E-state index contributed by atoms with van der Waals surface area (Å²) in [6, 6.07) is 5.78. The molecule has 4 aliphatic heterocycles. The van der Waals surface area contributed by atoms with E-state index in [-0.39, 0.29) is 43.7 Å². The van der Waals surface area contributed by atoms with Crippen molar-refractivity contribution < 1.29 is 62.4 Å². The fraction of sp³-hybridized carbons (Fsp3) is 0.517. The van der Waals surface area contributed by atoms with E-state index in [1.807, 2.05) is 0 Å². The zero-order chi connectivity index (χ0) is 30.0. The van der Waals surface area contributed by atoms with Gasteiger partial charge in [-0.1, -0.05) is 0 Å². The third-order valence-electron chi connectivity index (χ3n) is 8.79. The molecule has 5 aliphatic rings. The number of aliphatic hydroxyl groups is 1. The average molecular weight is 602 g/mol.